The average molecular weight is 747 g/mol. The van der Waals surface area contributed by atoms with E-state index < -0.39 is 0 Å². The van der Waals surface area contributed by atoms with Crippen molar-refractivity contribution in [2.24, 2.45) is 0 Å². The number of aryl methyl sites for hydroxylation is 8. The molecule has 0 aromatic heterocycles. The molecule has 0 aliphatic carbocycles. The maximum Gasteiger partial charge on any atom is 0.122 e. The molecule has 0 spiro atoms. The van der Waals surface area contributed by atoms with E-state index in [4.69, 9.17) is 18.9 Å². The van der Waals surface area contributed by atoms with Crippen molar-refractivity contribution in [1.82, 2.24) is 0 Å². The third-order valence-corrected chi connectivity index (χ3v) is 10.5. The van der Waals surface area contributed by atoms with Gasteiger partial charge in [0.1, 0.15) is 49.4 Å². The van der Waals surface area contributed by atoms with Gasteiger partial charge < -0.3 is 18.9 Å². The zero-order chi connectivity index (χ0) is 40.5. The SMILES string of the molecule is C=CCOc1cc(C)c(C(c2ccc(C(c3cc(C)c(OCC=C)cc3C)c3cc(C)c(OCC=C)cc3C)cc2)c2cc(C)c(OCC=C)cc2C)cc1C. The minimum absolute atomic E-state index is 0.0302. The zero-order valence-electron chi connectivity index (χ0n) is 34.7. The van der Waals surface area contributed by atoms with Gasteiger partial charge in [0.15, 0.2) is 0 Å². The van der Waals surface area contributed by atoms with Gasteiger partial charge in [0.05, 0.1) is 0 Å². The molecule has 290 valence electrons. The molecule has 0 aliphatic heterocycles. The molecule has 0 unspecified atom stereocenters. The fourth-order valence-corrected chi connectivity index (χ4v) is 7.64. The van der Waals surface area contributed by atoms with E-state index in [2.05, 4.69) is 155 Å². The fourth-order valence-electron chi connectivity index (χ4n) is 7.64. The summed E-state index contributed by atoms with van der Waals surface area (Å²) in [6, 6.07) is 27.1. The molecule has 4 nitrogen and oxygen atoms in total. The van der Waals surface area contributed by atoms with Crippen LogP contribution in [0.1, 0.15) is 89.7 Å². The number of benzene rings is 5. The van der Waals surface area contributed by atoms with Crippen LogP contribution in [0.2, 0.25) is 0 Å². The smallest absolute Gasteiger partial charge is 0.122 e. The lowest BCUT2D eigenvalue weighted by molar-refractivity contribution is 0.360. The maximum absolute atomic E-state index is 6.06. The van der Waals surface area contributed by atoms with Crippen molar-refractivity contribution in [2.45, 2.75) is 67.2 Å². The minimum atomic E-state index is -0.0302. The lowest BCUT2D eigenvalue weighted by Crippen LogP contribution is -2.12. The first-order valence-corrected chi connectivity index (χ1v) is 19.4. The van der Waals surface area contributed by atoms with E-state index in [1.807, 2.05) is 0 Å². The number of hydrogen-bond donors (Lipinski definition) is 0. The van der Waals surface area contributed by atoms with Crippen LogP contribution < -0.4 is 18.9 Å². The molecule has 0 bridgehead atoms. The summed E-state index contributed by atoms with van der Waals surface area (Å²) in [6.07, 6.45) is 7.13. The molecule has 0 amide bonds. The van der Waals surface area contributed by atoms with Crippen LogP contribution in [0.4, 0.5) is 0 Å². The van der Waals surface area contributed by atoms with Gasteiger partial charge in [-0.25, -0.2) is 0 Å². The van der Waals surface area contributed by atoms with E-state index in [1.54, 1.807) is 24.3 Å². The number of ether oxygens (including phenoxy) is 4. The molecule has 4 heteroatoms. The molecule has 5 aromatic carbocycles. The minimum Gasteiger partial charge on any atom is -0.489 e. The van der Waals surface area contributed by atoms with Crippen LogP contribution in [-0.4, -0.2) is 26.4 Å². The predicted octanol–water partition coefficient (Wildman–Crippen LogP) is 12.8. The summed E-state index contributed by atoms with van der Waals surface area (Å²) in [5.41, 5.74) is 16.4. The summed E-state index contributed by atoms with van der Waals surface area (Å²) in [5, 5.41) is 0. The molecule has 0 saturated heterocycles. The molecule has 0 N–H and O–H groups in total. The fraction of sp³-hybridized carbons (Fsp3) is 0.269. The van der Waals surface area contributed by atoms with E-state index in [0.717, 1.165) is 45.3 Å². The van der Waals surface area contributed by atoms with Crippen molar-refractivity contribution in [3.63, 3.8) is 0 Å². The highest BCUT2D eigenvalue weighted by Crippen LogP contribution is 2.43. The van der Waals surface area contributed by atoms with Crippen LogP contribution in [0.25, 0.3) is 0 Å². The Balaban J connectivity index is 1.70. The summed E-state index contributed by atoms with van der Waals surface area (Å²) >= 11 is 0. The predicted molar refractivity (Wildman–Crippen MR) is 235 cm³/mol. The second kappa shape index (κ2) is 18.7. The van der Waals surface area contributed by atoms with Gasteiger partial charge in [0.25, 0.3) is 0 Å². The molecule has 56 heavy (non-hydrogen) atoms. The second-order valence-corrected chi connectivity index (χ2v) is 14.8. The third kappa shape index (κ3) is 9.20. The molecule has 0 atom stereocenters. The third-order valence-electron chi connectivity index (χ3n) is 10.5. The van der Waals surface area contributed by atoms with Crippen LogP contribution in [0.15, 0.2) is 123 Å². The number of hydrogen-bond acceptors (Lipinski definition) is 4. The first-order valence-electron chi connectivity index (χ1n) is 19.4. The molecule has 0 saturated carbocycles. The van der Waals surface area contributed by atoms with Gasteiger partial charge in [-0.2, -0.15) is 0 Å². The summed E-state index contributed by atoms with van der Waals surface area (Å²) in [7, 11) is 0. The molecule has 5 aromatic rings. The van der Waals surface area contributed by atoms with E-state index in [9.17, 15) is 0 Å². The van der Waals surface area contributed by atoms with E-state index in [0.29, 0.717) is 26.4 Å². The van der Waals surface area contributed by atoms with Crippen molar-refractivity contribution >= 4 is 0 Å². The summed E-state index contributed by atoms with van der Waals surface area (Å²) in [5.74, 6) is 3.45. The monoisotopic (exact) mass is 746 g/mol. The largest absolute Gasteiger partial charge is 0.489 e. The number of rotatable bonds is 18. The normalized spacial score (nSPS) is 11.0. The van der Waals surface area contributed by atoms with Gasteiger partial charge in [0, 0.05) is 11.8 Å². The van der Waals surface area contributed by atoms with Gasteiger partial charge in [-0.3, -0.25) is 0 Å². The van der Waals surface area contributed by atoms with Crippen molar-refractivity contribution in [3.8, 4) is 23.0 Å². The lowest BCUT2D eigenvalue weighted by Gasteiger charge is -2.27. The molecule has 0 fully saturated rings. The molecule has 0 aliphatic rings. The van der Waals surface area contributed by atoms with Gasteiger partial charge in [-0.15, -0.1) is 0 Å². The van der Waals surface area contributed by atoms with Crippen molar-refractivity contribution < 1.29 is 18.9 Å². The maximum atomic E-state index is 6.06. The summed E-state index contributed by atoms with van der Waals surface area (Å²) in [4.78, 5) is 0. The Morgan fingerprint density at radius 1 is 0.357 bits per heavy atom. The molecule has 0 radical (unpaired) electrons. The van der Waals surface area contributed by atoms with Crippen molar-refractivity contribution in [2.75, 3.05) is 26.4 Å². The summed E-state index contributed by atoms with van der Waals surface area (Å²) in [6.45, 7) is 34.4. The highest BCUT2D eigenvalue weighted by Gasteiger charge is 2.26. The first kappa shape index (κ1) is 41.4. The average Bonchev–Trinajstić information content (AvgIpc) is 3.18. The van der Waals surface area contributed by atoms with Crippen LogP contribution >= 0.6 is 0 Å². The Hall–Kier alpha value is -5.74. The van der Waals surface area contributed by atoms with E-state index in [1.165, 1.54) is 55.6 Å². The highest BCUT2D eigenvalue weighted by atomic mass is 16.5. The van der Waals surface area contributed by atoms with Crippen molar-refractivity contribution in [3.05, 3.63) is 201 Å². The second-order valence-electron chi connectivity index (χ2n) is 14.8. The Kier molecular flexibility index (Phi) is 13.9. The van der Waals surface area contributed by atoms with Gasteiger partial charge in [-0.1, -0.05) is 99.2 Å². The van der Waals surface area contributed by atoms with E-state index >= 15 is 0 Å². The zero-order valence-corrected chi connectivity index (χ0v) is 34.7. The van der Waals surface area contributed by atoms with E-state index in [-0.39, 0.29) is 11.8 Å². The molecule has 5 rings (SSSR count). The van der Waals surface area contributed by atoms with Crippen LogP contribution in [0.3, 0.4) is 0 Å². The van der Waals surface area contributed by atoms with Crippen LogP contribution in [0, 0.1) is 55.4 Å². The standard InChI is InChI=1S/C52H58O4/c1-13-21-53-47-29-33(5)43(25-37(47)9)51(44-26-38(10)48(30-34(44)6)54-22-14-2)41-17-19-42(20-18-41)52(45-27-39(11)49(31-35(45)7)55-23-15-3)46-28-40(12)50(32-36(46)8)56-24-16-4/h13-20,25-32,51-52H,1-4,21-24H2,5-12H3. The first-order chi connectivity index (χ1) is 26.9. The molecular weight excluding hydrogens is 689 g/mol. The Morgan fingerprint density at radius 3 is 0.768 bits per heavy atom. The quantitative estimate of drug-likeness (QED) is 0.0661. The van der Waals surface area contributed by atoms with Crippen LogP contribution in [0.5, 0.6) is 23.0 Å². The topological polar surface area (TPSA) is 36.9 Å². The Bertz CT molecular complexity index is 1930. The molecule has 0 heterocycles. The lowest BCUT2D eigenvalue weighted by atomic mass is 9.77. The van der Waals surface area contributed by atoms with Gasteiger partial charge in [-0.05, 0) is 158 Å². The Morgan fingerprint density at radius 2 is 0.571 bits per heavy atom. The summed E-state index contributed by atoms with van der Waals surface area (Å²) < 4.78 is 24.2. The van der Waals surface area contributed by atoms with Gasteiger partial charge >= 0.3 is 0 Å². The van der Waals surface area contributed by atoms with Crippen LogP contribution in [-0.2, 0) is 0 Å². The Labute approximate surface area is 335 Å². The van der Waals surface area contributed by atoms with Crippen molar-refractivity contribution in [1.29, 1.82) is 0 Å². The van der Waals surface area contributed by atoms with Gasteiger partial charge in [0.2, 0.25) is 0 Å². The molecular formula is C52H58O4. The highest BCUT2D eigenvalue weighted by molar-refractivity contribution is 5.58.